The molecule has 1 aliphatic rings. The highest BCUT2D eigenvalue weighted by atomic mass is 16.5. The number of carboxylic acids is 1. The number of amides is 1. The van der Waals surface area contributed by atoms with Gasteiger partial charge < -0.3 is 15.2 Å². The van der Waals surface area contributed by atoms with Gasteiger partial charge in [0, 0.05) is 11.6 Å². The number of rotatable bonds is 4. The summed E-state index contributed by atoms with van der Waals surface area (Å²) < 4.78 is 6.91. The van der Waals surface area contributed by atoms with Gasteiger partial charge in [0.25, 0.3) is 5.91 Å². The summed E-state index contributed by atoms with van der Waals surface area (Å²) in [7, 11) is 0. The smallest absolute Gasteiger partial charge is 0.356 e. The third-order valence-electron chi connectivity index (χ3n) is 4.17. The lowest BCUT2D eigenvalue weighted by Gasteiger charge is -2.13. The number of aromatic carboxylic acids is 1. The zero-order valence-electron chi connectivity index (χ0n) is 13.6. The zero-order chi connectivity index (χ0) is 18.1. The summed E-state index contributed by atoms with van der Waals surface area (Å²) in [4.78, 5) is 24.1. The highest BCUT2D eigenvalue weighted by Crippen LogP contribution is 2.31. The Morgan fingerprint density at radius 1 is 1.12 bits per heavy atom. The summed E-state index contributed by atoms with van der Waals surface area (Å²) in [6, 6.07) is 17.4. The minimum absolute atomic E-state index is 0.151. The first-order valence-corrected chi connectivity index (χ1v) is 8.05. The van der Waals surface area contributed by atoms with Gasteiger partial charge in [0.15, 0.2) is 5.69 Å². The van der Waals surface area contributed by atoms with Gasteiger partial charge in [-0.15, -0.1) is 0 Å². The van der Waals surface area contributed by atoms with E-state index in [2.05, 4.69) is 10.4 Å². The van der Waals surface area contributed by atoms with Crippen molar-refractivity contribution in [3.05, 3.63) is 77.6 Å². The van der Waals surface area contributed by atoms with Gasteiger partial charge in [0.1, 0.15) is 18.1 Å². The van der Waals surface area contributed by atoms with Crippen LogP contribution in [0.15, 0.2) is 60.7 Å². The molecule has 0 fully saturated rings. The number of carbonyl (C=O) groups is 2. The first-order valence-electron chi connectivity index (χ1n) is 8.05. The average molecular weight is 349 g/mol. The van der Waals surface area contributed by atoms with Crippen LogP contribution in [0.1, 0.15) is 32.6 Å². The molecule has 2 heterocycles. The predicted molar refractivity (Wildman–Crippen MR) is 92.7 cm³/mol. The molecule has 1 atom stereocenters. The molecule has 3 aromatic rings. The van der Waals surface area contributed by atoms with Crippen molar-refractivity contribution in [2.24, 2.45) is 0 Å². The van der Waals surface area contributed by atoms with Gasteiger partial charge in [-0.25, -0.2) is 9.48 Å². The number of carbonyl (C=O) groups excluding carboxylic acids is 1. The van der Waals surface area contributed by atoms with Gasteiger partial charge >= 0.3 is 5.97 Å². The number of nitrogens with one attached hydrogen (secondary N) is 1. The lowest BCUT2D eigenvalue weighted by atomic mass is 10.1. The van der Waals surface area contributed by atoms with E-state index >= 15 is 0 Å². The lowest BCUT2D eigenvalue weighted by molar-refractivity contribution is 0.0689. The Kier molecular flexibility index (Phi) is 3.89. The fraction of sp³-hybridized carbons (Fsp3) is 0.105. The normalized spacial score (nSPS) is 15.2. The number of benzene rings is 2. The van der Waals surface area contributed by atoms with Crippen LogP contribution < -0.4 is 10.1 Å². The summed E-state index contributed by atoms with van der Waals surface area (Å²) in [6.45, 7) is 0.330. The molecule has 7 nitrogen and oxygen atoms in total. The summed E-state index contributed by atoms with van der Waals surface area (Å²) >= 11 is 0. The Balaban J connectivity index is 1.67. The second-order valence-electron chi connectivity index (χ2n) is 5.84. The van der Waals surface area contributed by atoms with Crippen molar-refractivity contribution < 1.29 is 19.4 Å². The molecule has 0 unspecified atom stereocenters. The van der Waals surface area contributed by atoms with Crippen molar-refractivity contribution in [3.63, 3.8) is 0 Å². The molecule has 2 N–H and O–H groups in total. The number of ether oxygens (including phenoxy) is 1. The molecule has 4 rings (SSSR count). The molecule has 0 saturated carbocycles. The maximum absolute atomic E-state index is 12.8. The molecule has 0 radical (unpaired) electrons. The van der Waals surface area contributed by atoms with E-state index in [1.807, 2.05) is 30.3 Å². The van der Waals surface area contributed by atoms with Gasteiger partial charge in [-0.05, 0) is 18.2 Å². The fourth-order valence-corrected chi connectivity index (χ4v) is 2.93. The number of fused-ring (bicyclic) bond motifs is 1. The van der Waals surface area contributed by atoms with E-state index in [0.717, 1.165) is 11.3 Å². The van der Waals surface area contributed by atoms with E-state index in [0.29, 0.717) is 12.3 Å². The molecule has 1 aromatic heterocycles. The number of hydrogen-bond donors (Lipinski definition) is 2. The van der Waals surface area contributed by atoms with E-state index in [1.54, 1.807) is 24.3 Å². The van der Waals surface area contributed by atoms with Gasteiger partial charge in [-0.3, -0.25) is 4.79 Å². The molecule has 0 saturated heterocycles. The van der Waals surface area contributed by atoms with Gasteiger partial charge in [0.05, 0.1) is 11.7 Å². The third-order valence-corrected chi connectivity index (χ3v) is 4.17. The number of aromatic nitrogens is 2. The van der Waals surface area contributed by atoms with E-state index in [9.17, 15) is 14.7 Å². The fourth-order valence-electron chi connectivity index (χ4n) is 2.93. The Bertz CT molecular complexity index is 981. The predicted octanol–water partition coefficient (Wildman–Crippen LogP) is 2.43. The van der Waals surface area contributed by atoms with Gasteiger partial charge in [0.2, 0.25) is 0 Å². The average Bonchev–Trinajstić information content (AvgIpc) is 3.28. The summed E-state index contributed by atoms with van der Waals surface area (Å²) in [5.74, 6) is -0.872. The van der Waals surface area contributed by atoms with Crippen LogP contribution in [0.4, 0.5) is 0 Å². The molecule has 2 aromatic carbocycles. The Morgan fingerprint density at radius 2 is 1.85 bits per heavy atom. The Hall–Kier alpha value is -3.61. The first kappa shape index (κ1) is 15.9. The van der Waals surface area contributed by atoms with Crippen LogP contribution in [0.2, 0.25) is 0 Å². The van der Waals surface area contributed by atoms with Gasteiger partial charge in [-0.1, -0.05) is 36.4 Å². The Labute approximate surface area is 148 Å². The first-order chi connectivity index (χ1) is 12.6. The van der Waals surface area contributed by atoms with Gasteiger partial charge in [-0.2, -0.15) is 5.10 Å². The molecule has 0 spiro atoms. The van der Waals surface area contributed by atoms with Crippen LogP contribution in [0, 0.1) is 0 Å². The minimum Gasteiger partial charge on any atom is -0.491 e. The topological polar surface area (TPSA) is 93.5 Å². The van der Waals surface area contributed by atoms with Crippen LogP contribution in [0.3, 0.4) is 0 Å². The molecule has 7 heteroatoms. The van der Waals surface area contributed by atoms with E-state index in [1.165, 1.54) is 10.7 Å². The largest absolute Gasteiger partial charge is 0.491 e. The lowest BCUT2D eigenvalue weighted by Crippen LogP contribution is -2.31. The molecular weight excluding hydrogens is 334 g/mol. The monoisotopic (exact) mass is 349 g/mol. The standard InChI is InChI=1S/C19H15N3O4/c23-18(20-15-11-26-17-9-5-4-8-13(15)17)16-10-14(19(24)25)21-22(16)12-6-2-1-3-7-12/h1-10,15H,11H2,(H,20,23)(H,24,25)/t15-/m0/s1. The van der Waals surface area contributed by atoms with Crippen molar-refractivity contribution in [1.29, 1.82) is 0 Å². The molecule has 130 valence electrons. The van der Waals surface area contributed by atoms with Crippen LogP contribution in [-0.4, -0.2) is 33.4 Å². The molecule has 0 bridgehead atoms. The zero-order valence-corrected chi connectivity index (χ0v) is 13.6. The van der Waals surface area contributed by atoms with E-state index in [4.69, 9.17) is 4.74 Å². The van der Waals surface area contributed by atoms with Crippen molar-refractivity contribution in [1.82, 2.24) is 15.1 Å². The number of carboxylic acid groups (broad SMARTS) is 1. The van der Waals surface area contributed by atoms with Crippen molar-refractivity contribution in [2.75, 3.05) is 6.61 Å². The number of nitrogens with zero attached hydrogens (tertiary/aromatic N) is 2. The van der Waals surface area contributed by atoms with E-state index < -0.39 is 11.9 Å². The highest BCUT2D eigenvalue weighted by Gasteiger charge is 2.27. The second kappa shape index (κ2) is 6.36. The quantitative estimate of drug-likeness (QED) is 0.754. The summed E-state index contributed by atoms with van der Waals surface area (Å²) in [5.41, 5.74) is 1.46. The van der Waals surface area contributed by atoms with Crippen molar-refractivity contribution in [2.45, 2.75) is 6.04 Å². The van der Waals surface area contributed by atoms with E-state index in [-0.39, 0.29) is 17.4 Å². The SMILES string of the molecule is O=C(O)c1cc(C(=O)N[C@H]2COc3ccccc32)n(-c2ccccc2)n1. The maximum atomic E-state index is 12.8. The number of hydrogen-bond acceptors (Lipinski definition) is 4. The van der Waals surface area contributed by atoms with Crippen LogP contribution in [-0.2, 0) is 0 Å². The minimum atomic E-state index is -1.19. The molecular formula is C19H15N3O4. The molecule has 1 aliphatic heterocycles. The van der Waals surface area contributed by atoms with Crippen LogP contribution >= 0.6 is 0 Å². The van der Waals surface area contributed by atoms with Crippen LogP contribution in [0.5, 0.6) is 5.75 Å². The summed E-state index contributed by atoms with van der Waals surface area (Å²) in [6.07, 6.45) is 0. The molecule has 0 aliphatic carbocycles. The van der Waals surface area contributed by atoms with Crippen molar-refractivity contribution in [3.8, 4) is 11.4 Å². The molecule has 1 amide bonds. The van der Waals surface area contributed by atoms with Crippen LogP contribution in [0.25, 0.3) is 5.69 Å². The third kappa shape index (κ3) is 2.79. The number of para-hydroxylation sites is 2. The Morgan fingerprint density at radius 3 is 2.62 bits per heavy atom. The summed E-state index contributed by atoms with van der Waals surface area (Å²) in [5, 5.41) is 16.2. The maximum Gasteiger partial charge on any atom is 0.356 e. The highest BCUT2D eigenvalue weighted by molar-refractivity contribution is 5.96. The molecule has 26 heavy (non-hydrogen) atoms. The van der Waals surface area contributed by atoms with Crippen molar-refractivity contribution >= 4 is 11.9 Å². The second-order valence-corrected chi connectivity index (χ2v) is 5.84.